The van der Waals surface area contributed by atoms with E-state index in [0.717, 1.165) is 0 Å². The molecular formula is C14H26O2. The van der Waals surface area contributed by atoms with Crippen molar-refractivity contribution in [3.63, 3.8) is 0 Å². The first kappa shape index (κ1) is 12.4. The van der Waals surface area contributed by atoms with Crippen LogP contribution in [0.1, 0.15) is 52.4 Å². The summed E-state index contributed by atoms with van der Waals surface area (Å²) in [6.45, 7) is 3.97. The Morgan fingerprint density at radius 1 is 1.00 bits per heavy atom. The Morgan fingerprint density at radius 2 is 1.62 bits per heavy atom. The number of rotatable bonds is 2. The Bertz CT molecular complexity index is 231. The Morgan fingerprint density at radius 3 is 2.25 bits per heavy atom. The number of aliphatic hydroxyl groups is 1. The van der Waals surface area contributed by atoms with E-state index in [9.17, 15) is 5.11 Å². The van der Waals surface area contributed by atoms with Crippen LogP contribution in [-0.4, -0.2) is 23.9 Å². The molecule has 2 unspecified atom stereocenters. The molecule has 16 heavy (non-hydrogen) atoms. The molecule has 0 saturated heterocycles. The maximum absolute atomic E-state index is 10.3. The van der Waals surface area contributed by atoms with E-state index >= 15 is 0 Å². The van der Waals surface area contributed by atoms with Gasteiger partial charge in [0.1, 0.15) is 0 Å². The molecule has 4 atom stereocenters. The maximum Gasteiger partial charge on any atom is 0.0622 e. The fourth-order valence-corrected chi connectivity index (χ4v) is 4.12. The molecule has 2 fully saturated rings. The lowest BCUT2D eigenvalue weighted by molar-refractivity contribution is -0.0963. The first-order valence-electron chi connectivity index (χ1n) is 6.79. The van der Waals surface area contributed by atoms with Gasteiger partial charge in [-0.1, -0.05) is 12.8 Å². The van der Waals surface area contributed by atoms with Crippen molar-refractivity contribution < 1.29 is 9.84 Å². The summed E-state index contributed by atoms with van der Waals surface area (Å²) in [5, 5.41) is 10.3. The highest BCUT2D eigenvalue weighted by molar-refractivity contribution is 4.95. The molecule has 0 aromatic heterocycles. The molecule has 2 aliphatic carbocycles. The van der Waals surface area contributed by atoms with Crippen LogP contribution in [0.25, 0.3) is 0 Å². The Kier molecular flexibility index (Phi) is 3.60. The van der Waals surface area contributed by atoms with Crippen molar-refractivity contribution >= 4 is 0 Å². The molecule has 0 amide bonds. The zero-order valence-electron chi connectivity index (χ0n) is 10.9. The number of methoxy groups -OCH3 is 1. The van der Waals surface area contributed by atoms with E-state index in [-0.39, 0.29) is 0 Å². The summed E-state index contributed by atoms with van der Waals surface area (Å²) in [6.07, 6.45) is 7.98. The van der Waals surface area contributed by atoms with Gasteiger partial charge in [-0.25, -0.2) is 0 Å². The molecule has 0 radical (unpaired) electrons. The molecule has 0 aliphatic heterocycles. The number of ether oxygens (including phenoxy) is 1. The summed E-state index contributed by atoms with van der Waals surface area (Å²) >= 11 is 0. The second kappa shape index (κ2) is 4.66. The Balaban J connectivity index is 2.13. The minimum atomic E-state index is -0.515. The molecule has 0 aromatic rings. The van der Waals surface area contributed by atoms with E-state index in [1.807, 2.05) is 21.0 Å². The summed E-state index contributed by atoms with van der Waals surface area (Å²) in [5.41, 5.74) is -0.515. The van der Waals surface area contributed by atoms with E-state index in [4.69, 9.17) is 4.74 Å². The van der Waals surface area contributed by atoms with Gasteiger partial charge in [0, 0.05) is 7.11 Å². The van der Waals surface area contributed by atoms with Crippen molar-refractivity contribution in [2.45, 2.75) is 64.1 Å². The second-order valence-corrected chi connectivity index (χ2v) is 6.22. The van der Waals surface area contributed by atoms with Gasteiger partial charge in [-0.05, 0) is 57.3 Å². The van der Waals surface area contributed by atoms with Gasteiger partial charge >= 0.3 is 0 Å². The van der Waals surface area contributed by atoms with Crippen LogP contribution in [0.5, 0.6) is 0 Å². The largest absolute Gasteiger partial charge is 0.390 e. The van der Waals surface area contributed by atoms with Crippen molar-refractivity contribution in [1.82, 2.24) is 0 Å². The van der Waals surface area contributed by atoms with E-state index in [1.54, 1.807) is 0 Å². The number of fused-ring (bicyclic) bond motifs is 1. The lowest BCUT2D eigenvalue weighted by Crippen LogP contribution is -2.47. The third-order valence-electron chi connectivity index (χ3n) is 4.83. The number of hydrogen-bond acceptors (Lipinski definition) is 2. The Hall–Kier alpha value is -0.0800. The minimum Gasteiger partial charge on any atom is -0.390 e. The van der Waals surface area contributed by atoms with Crippen LogP contribution in [0.4, 0.5) is 0 Å². The molecule has 0 heterocycles. The summed E-state index contributed by atoms with van der Waals surface area (Å²) in [4.78, 5) is 0. The fraction of sp³-hybridized carbons (Fsp3) is 1.00. The van der Waals surface area contributed by atoms with Gasteiger partial charge in [0.05, 0.1) is 11.7 Å². The smallest absolute Gasteiger partial charge is 0.0622 e. The lowest BCUT2D eigenvalue weighted by atomic mass is 9.60. The monoisotopic (exact) mass is 226 g/mol. The van der Waals surface area contributed by atoms with Gasteiger partial charge in [0.2, 0.25) is 0 Å². The predicted molar refractivity (Wildman–Crippen MR) is 65.3 cm³/mol. The highest BCUT2D eigenvalue weighted by atomic mass is 16.5. The van der Waals surface area contributed by atoms with E-state index in [0.29, 0.717) is 23.9 Å². The molecular weight excluding hydrogens is 200 g/mol. The third kappa shape index (κ3) is 2.28. The molecule has 2 saturated carbocycles. The van der Waals surface area contributed by atoms with Crippen molar-refractivity contribution in [1.29, 1.82) is 0 Å². The van der Waals surface area contributed by atoms with Gasteiger partial charge in [0.25, 0.3) is 0 Å². The van der Waals surface area contributed by atoms with Crippen LogP contribution in [0.3, 0.4) is 0 Å². The first-order chi connectivity index (χ1) is 7.54. The van der Waals surface area contributed by atoms with Gasteiger partial charge in [-0.2, -0.15) is 0 Å². The highest BCUT2D eigenvalue weighted by Gasteiger charge is 2.44. The lowest BCUT2D eigenvalue weighted by Gasteiger charge is -2.48. The predicted octanol–water partition coefficient (Wildman–Crippen LogP) is 2.99. The van der Waals surface area contributed by atoms with Crippen LogP contribution in [0.15, 0.2) is 0 Å². The van der Waals surface area contributed by atoms with Crippen molar-refractivity contribution in [3.8, 4) is 0 Å². The van der Waals surface area contributed by atoms with Crippen LogP contribution >= 0.6 is 0 Å². The molecule has 0 bridgehead atoms. The van der Waals surface area contributed by atoms with Crippen molar-refractivity contribution in [3.05, 3.63) is 0 Å². The van der Waals surface area contributed by atoms with Crippen LogP contribution in [0, 0.1) is 17.8 Å². The molecule has 2 aliphatic rings. The van der Waals surface area contributed by atoms with Gasteiger partial charge in [-0.3, -0.25) is 0 Å². The van der Waals surface area contributed by atoms with Crippen LogP contribution in [-0.2, 0) is 4.74 Å². The van der Waals surface area contributed by atoms with Crippen molar-refractivity contribution in [2.75, 3.05) is 7.11 Å². The quantitative estimate of drug-likeness (QED) is 0.784. The van der Waals surface area contributed by atoms with E-state index in [1.165, 1.54) is 38.5 Å². The zero-order valence-corrected chi connectivity index (χ0v) is 10.9. The summed E-state index contributed by atoms with van der Waals surface area (Å²) in [6, 6.07) is 0. The normalized spacial score (nSPS) is 40.5. The van der Waals surface area contributed by atoms with Crippen molar-refractivity contribution in [2.24, 2.45) is 17.8 Å². The maximum atomic E-state index is 10.3. The highest BCUT2D eigenvalue weighted by Crippen LogP contribution is 2.48. The summed E-state index contributed by atoms with van der Waals surface area (Å²) in [5.74, 6) is 1.86. The average Bonchev–Trinajstić information content (AvgIpc) is 2.26. The molecule has 2 nitrogen and oxygen atoms in total. The molecule has 94 valence electrons. The van der Waals surface area contributed by atoms with Gasteiger partial charge in [-0.15, -0.1) is 0 Å². The van der Waals surface area contributed by atoms with Gasteiger partial charge in [0.15, 0.2) is 0 Å². The molecule has 2 heteroatoms. The van der Waals surface area contributed by atoms with Crippen LogP contribution in [0.2, 0.25) is 0 Å². The SMILES string of the molecule is CO[C@@H]1CCCC2C1CCC[C@H]2C(C)(C)O. The summed E-state index contributed by atoms with van der Waals surface area (Å²) in [7, 11) is 1.85. The van der Waals surface area contributed by atoms with Gasteiger partial charge < -0.3 is 9.84 Å². The minimum absolute atomic E-state index is 0.448. The number of hydrogen-bond donors (Lipinski definition) is 1. The molecule has 0 aromatic carbocycles. The van der Waals surface area contributed by atoms with E-state index in [2.05, 4.69) is 0 Å². The fourth-order valence-electron chi connectivity index (χ4n) is 4.12. The topological polar surface area (TPSA) is 29.5 Å². The zero-order chi connectivity index (χ0) is 11.8. The standard InChI is InChI=1S/C14H26O2/c1-14(2,15)12-8-4-7-11-10(12)6-5-9-13(11)16-3/h10-13,15H,4-9H2,1-3H3/t10?,11?,12-,13-/m1/s1. The molecule has 1 N–H and O–H groups in total. The summed E-state index contributed by atoms with van der Waals surface area (Å²) < 4.78 is 5.64. The third-order valence-corrected chi connectivity index (χ3v) is 4.83. The van der Waals surface area contributed by atoms with Crippen LogP contribution < -0.4 is 0 Å². The first-order valence-corrected chi connectivity index (χ1v) is 6.79. The Labute approximate surface area is 99.4 Å². The van der Waals surface area contributed by atoms with E-state index < -0.39 is 5.60 Å². The average molecular weight is 226 g/mol. The molecule has 0 spiro atoms. The second-order valence-electron chi connectivity index (χ2n) is 6.22. The molecule has 2 rings (SSSR count).